The quantitative estimate of drug-likeness (QED) is 0.481. The van der Waals surface area contributed by atoms with E-state index in [-0.39, 0.29) is 10.1 Å². The highest BCUT2D eigenvalue weighted by Gasteiger charge is 2.52. The van der Waals surface area contributed by atoms with Crippen molar-refractivity contribution >= 4 is 8.80 Å². The normalized spacial score (nSPS) is 24.5. The zero-order chi connectivity index (χ0) is 17.2. The molecule has 0 aromatic rings. The van der Waals surface area contributed by atoms with E-state index in [1.807, 2.05) is 0 Å². The van der Waals surface area contributed by atoms with Crippen LogP contribution in [0.15, 0.2) is 44.6 Å². The predicted octanol–water partition coefficient (Wildman–Crippen LogP) is 7.00. The molecule has 2 aliphatic rings. The maximum Gasteiger partial charge on any atom is 0.0783 e. The van der Waals surface area contributed by atoms with Crippen LogP contribution in [0.5, 0.6) is 0 Å². The second-order valence-corrected chi connectivity index (χ2v) is 11.1. The van der Waals surface area contributed by atoms with Crippen molar-refractivity contribution < 1.29 is 0 Å². The van der Waals surface area contributed by atoms with Crippen LogP contribution in [0.3, 0.4) is 0 Å². The summed E-state index contributed by atoms with van der Waals surface area (Å²) in [6.07, 6.45) is 0. The largest absolute Gasteiger partial charge is 0.0783 e. The van der Waals surface area contributed by atoms with Crippen molar-refractivity contribution in [1.82, 2.24) is 0 Å². The van der Waals surface area contributed by atoms with Crippen LogP contribution in [0.4, 0.5) is 0 Å². The first-order valence-electron chi connectivity index (χ1n) is 8.50. The van der Waals surface area contributed by atoms with Gasteiger partial charge >= 0.3 is 0 Å². The molecule has 0 atom stereocenters. The van der Waals surface area contributed by atoms with Gasteiger partial charge in [-0.05, 0) is 77.7 Å². The minimum atomic E-state index is -0.698. The summed E-state index contributed by atoms with van der Waals surface area (Å²) in [5, 5.41) is 0.530. The van der Waals surface area contributed by atoms with E-state index in [0.717, 1.165) is 0 Å². The fourth-order valence-corrected chi connectivity index (χ4v) is 8.81. The van der Waals surface area contributed by atoms with Crippen LogP contribution in [-0.2, 0) is 0 Å². The first-order chi connectivity index (χ1) is 9.93. The third-order valence-electron chi connectivity index (χ3n) is 7.88. The summed E-state index contributed by atoms with van der Waals surface area (Å²) in [5.74, 6) is 0. The van der Waals surface area contributed by atoms with E-state index in [0.29, 0.717) is 0 Å². The number of hydrogen-bond acceptors (Lipinski definition) is 0. The zero-order valence-electron chi connectivity index (χ0n) is 16.5. The van der Waals surface area contributed by atoms with Crippen molar-refractivity contribution in [1.29, 1.82) is 0 Å². The molecule has 1 heteroatoms. The molecule has 0 saturated carbocycles. The average Bonchev–Trinajstić information content (AvgIpc) is 2.75. The Morgan fingerprint density at radius 2 is 0.682 bits per heavy atom. The molecular formula is C21H33Si. The number of allylic oxidation sites excluding steroid dienone is 8. The van der Waals surface area contributed by atoms with Crippen LogP contribution in [0.2, 0.25) is 16.6 Å². The molecule has 0 heterocycles. The van der Waals surface area contributed by atoms with Crippen LogP contribution in [-0.4, -0.2) is 8.80 Å². The molecule has 0 unspecified atom stereocenters. The first kappa shape index (κ1) is 17.5. The van der Waals surface area contributed by atoms with Gasteiger partial charge in [-0.25, -0.2) is 0 Å². The molecule has 1 radical (unpaired) electrons. The third kappa shape index (κ3) is 1.81. The Balaban J connectivity index is 2.66. The highest BCUT2D eigenvalue weighted by atomic mass is 28.3. The van der Waals surface area contributed by atoms with Gasteiger partial charge in [0.2, 0.25) is 0 Å². The van der Waals surface area contributed by atoms with Gasteiger partial charge in [0, 0.05) is 10.1 Å². The molecular weight excluding hydrogens is 280 g/mol. The van der Waals surface area contributed by atoms with E-state index in [1.165, 1.54) is 22.3 Å². The lowest BCUT2D eigenvalue weighted by Gasteiger charge is -2.46. The molecule has 0 nitrogen and oxygen atoms in total. The van der Waals surface area contributed by atoms with E-state index < -0.39 is 8.80 Å². The summed E-state index contributed by atoms with van der Waals surface area (Å²) in [6.45, 7) is 26.4. The molecule has 0 amide bonds. The zero-order valence-corrected chi connectivity index (χ0v) is 17.5. The van der Waals surface area contributed by atoms with Crippen molar-refractivity contribution in [2.45, 2.75) is 85.9 Å². The van der Waals surface area contributed by atoms with E-state index in [4.69, 9.17) is 0 Å². The van der Waals surface area contributed by atoms with Crippen molar-refractivity contribution in [3.63, 3.8) is 0 Å². The molecule has 0 spiro atoms. The van der Waals surface area contributed by atoms with Gasteiger partial charge in [0.25, 0.3) is 0 Å². The Kier molecular flexibility index (Phi) is 4.06. The molecule has 0 bridgehead atoms. The fourth-order valence-electron chi connectivity index (χ4n) is 4.81. The average molecular weight is 314 g/mol. The summed E-state index contributed by atoms with van der Waals surface area (Å²) in [4.78, 5) is 0. The molecule has 0 aromatic heterocycles. The topological polar surface area (TPSA) is 0 Å². The maximum absolute atomic E-state index is 2.57. The van der Waals surface area contributed by atoms with Gasteiger partial charge in [-0.3, -0.25) is 0 Å². The van der Waals surface area contributed by atoms with Crippen LogP contribution < -0.4 is 0 Å². The molecule has 0 saturated heterocycles. The molecule has 2 aliphatic carbocycles. The molecule has 0 N–H and O–H groups in total. The van der Waals surface area contributed by atoms with E-state index >= 15 is 0 Å². The predicted molar refractivity (Wildman–Crippen MR) is 102 cm³/mol. The minimum absolute atomic E-state index is 0.265. The van der Waals surface area contributed by atoms with Gasteiger partial charge in [-0.1, -0.05) is 42.7 Å². The van der Waals surface area contributed by atoms with Gasteiger partial charge in [0.1, 0.15) is 0 Å². The van der Waals surface area contributed by atoms with E-state index in [9.17, 15) is 0 Å². The van der Waals surface area contributed by atoms with Gasteiger partial charge in [0.15, 0.2) is 0 Å². The van der Waals surface area contributed by atoms with Crippen molar-refractivity contribution in [3.8, 4) is 0 Å². The Morgan fingerprint density at radius 1 is 0.500 bits per heavy atom. The molecule has 121 valence electrons. The van der Waals surface area contributed by atoms with Gasteiger partial charge in [0.05, 0.1) is 8.80 Å². The Hall–Kier alpha value is -0.823. The van der Waals surface area contributed by atoms with Crippen molar-refractivity contribution in [3.05, 3.63) is 44.6 Å². The molecule has 0 aliphatic heterocycles. The minimum Gasteiger partial charge on any atom is -0.0690 e. The monoisotopic (exact) mass is 313 g/mol. The third-order valence-corrected chi connectivity index (χ3v) is 12.4. The van der Waals surface area contributed by atoms with Crippen LogP contribution >= 0.6 is 0 Å². The second kappa shape index (κ2) is 5.09. The first-order valence-corrected chi connectivity index (χ1v) is 10.5. The van der Waals surface area contributed by atoms with Gasteiger partial charge < -0.3 is 0 Å². The lowest BCUT2D eigenvalue weighted by molar-refractivity contribution is 0.725. The van der Waals surface area contributed by atoms with Crippen molar-refractivity contribution in [2.75, 3.05) is 0 Å². The Morgan fingerprint density at radius 3 is 0.864 bits per heavy atom. The summed E-state index contributed by atoms with van der Waals surface area (Å²) >= 11 is 0. The maximum atomic E-state index is 2.57. The highest BCUT2D eigenvalue weighted by Crippen LogP contribution is 2.64. The van der Waals surface area contributed by atoms with E-state index in [2.05, 4.69) is 75.8 Å². The van der Waals surface area contributed by atoms with Crippen LogP contribution in [0, 0.1) is 0 Å². The summed E-state index contributed by atoms with van der Waals surface area (Å²) in [6, 6.07) is 0. The standard InChI is InChI=1S/C21H33Si/c1-12-13(2)17(6)20(9,16(12)5)22(11)21(10)18(7)14(3)15(4)19(21)8/h1-11H3. The number of hydrogen-bond donors (Lipinski definition) is 0. The Bertz CT molecular complexity index is 558. The van der Waals surface area contributed by atoms with Gasteiger partial charge in [-0.2, -0.15) is 0 Å². The number of rotatable bonds is 2. The van der Waals surface area contributed by atoms with E-state index in [1.54, 1.807) is 22.3 Å². The molecule has 0 fully saturated rings. The SMILES string of the molecule is CC1=C(C)C(C)([Si](C)C2(C)C(C)=C(C)C(C)=C2C)C(C)=C1C. The van der Waals surface area contributed by atoms with Crippen LogP contribution in [0.1, 0.15) is 69.2 Å². The summed E-state index contributed by atoms with van der Waals surface area (Å²) < 4.78 is 0. The molecule has 0 aromatic carbocycles. The lowest BCUT2D eigenvalue weighted by Crippen LogP contribution is -2.40. The lowest BCUT2D eigenvalue weighted by atomic mass is 9.96. The van der Waals surface area contributed by atoms with Crippen molar-refractivity contribution in [2.24, 2.45) is 0 Å². The summed E-state index contributed by atoms with van der Waals surface area (Å²) in [5.41, 5.74) is 12.6. The Labute approximate surface area is 139 Å². The molecule has 22 heavy (non-hydrogen) atoms. The summed E-state index contributed by atoms with van der Waals surface area (Å²) in [7, 11) is -0.698. The van der Waals surface area contributed by atoms with Crippen LogP contribution in [0.25, 0.3) is 0 Å². The molecule has 2 rings (SSSR count). The second-order valence-electron chi connectivity index (χ2n) is 7.88. The van der Waals surface area contributed by atoms with Gasteiger partial charge in [-0.15, -0.1) is 0 Å². The smallest absolute Gasteiger partial charge is 0.0690 e. The highest BCUT2D eigenvalue weighted by molar-refractivity contribution is 6.68. The fraction of sp³-hybridized carbons (Fsp3) is 0.619.